The number of anilines is 2. The number of nitrogens with zero attached hydrogens (tertiary/aromatic N) is 5. The molecule has 0 bridgehead atoms. The lowest BCUT2D eigenvalue weighted by Gasteiger charge is -2.27. The van der Waals surface area contributed by atoms with Gasteiger partial charge in [0, 0.05) is 30.9 Å². The van der Waals surface area contributed by atoms with E-state index in [4.69, 9.17) is 15.7 Å². The van der Waals surface area contributed by atoms with Crippen LogP contribution in [-0.4, -0.2) is 41.3 Å². The third-order valence-electron chi connectivity index (χ3n) is 3.20. The summed E-state index contributed by atoms with van der Waals surface area (Å²) in [7, 11) is 0. The molecule has 0 aromatic carbocycles. The zero-order valence-corrected chi connectivity index (χ0v) is 11.4. The molecule has 7 nitrogen and oxygen atoms in total. The van der Waals surface area contributed by atoms with E-state index >= 15 is 0 Å². The van der Waals surface area contributed by atoms with E-state index in [1.54, 1.807) is 18.3 Å². The van der Waals surface area contributed by atoms with E-state index in [9.17, 15) is 0 Å². The fraction of sp³-hybridized carbons (Fsp3) is 0.286. The van der Waals surface area contributed by atoms with E-state index in [0.717, 1.165) is 5.56 Å². The highest BCUT2D eigenvalue weighted by Crippen LogP contribution is 2.21. The van der Waals surface area contributed by atoms with Gasteiger partial charge >= 0.3 is 0 Å². The van der Waals surface area contributed by atoms with Gasteiger partial charge in [-0.2, -0.15) is 5.26 Å². The van der Waals surface area contributed by atoms with Gasteiger partial charge in [0.2, 0.25) is 5.95 Å². The van der Waals surface area contributed by atoms with Crippen LogP contribution in [0.2, 0.25) is 0 Å². The van der Waals surface area contributed by atoms with Crippen LogP contribution in [-0.2, 0) is 4.74 Å². The molecule has 1 aliphatic rings. The largest absolute Gasteiger partial charge is 0.384 e. The summed E-state index contributed by atoms with van der Waals surface area (Å²) in [6.45, 7) is 2.71. The molecule has 2 N–H and O–H groups in total. The smallest absolute Gasteiger partial charge is 0.227 e. The van der Waals surface area contributed by atoms with E-state index in [2.05, 4.69) is 21.0 Å². The summed E-state index contributed by atoms with van der Waals surface area (Å²) in [4.78, 5) is 14.9. The zero-order chi connectivity index (χ0) is 14.7. The molecule has 2 aromatic rings. The predicted octanol–water partition coefficient (Wildman–Crippen LogP) is 0.829. The Hall–Kier alpha value is -2.72. The first kappa shape index (κ1) is 13.3. The third-order valence-corrected chi connectivity index (χ3v) is 3.20. The van der Waals surface area contributed by atoms with Gasteiger partial charge in [-0.3, -0.25) is 0 Å². The standard InChI is InChI=1S/C14H14N6O/c15-8-11-7-12(10-1-2-13(16)17-9-10)19-14(18-11)20-3-5-21-6-4-20/h1-2,7,9H,3-6H2,(H2,16,17). The maximum atomic E-state index is 9.16. The van der Waals surface area contributed by atoms with E-state index < -0.39 is 0 Å². The van der Waals surface area contributed by atoms with Crippen molar-refractivity contribution in [3.05, 3.63) is 30.1 Å². The van der Waals surface area contributed by atoms with E-state index in [1.165, 1.54) is 0 Å². The van der Waals surface area contributed by atoms with Crippen molar-refractivity contribution in [2.24, 2.45) is 0 Å². The number of nitrogen functional groups attached to an aromatic ring is 1. The van der Waals surface area contributed by atoms with Crippen LogP contribution in [0.5, 0.6) is 0 Å². The fourth-order valence-corrected chi connectivity index (χ4v) is 2.10. The molecular formula is C14H14N6O. The summed E-state index contributed by atoms with van der Waals surface area (Å²) < 4.78 is 5.32. The first-order chi connectivity index (χ1) is 10.3. The monoisotopic (exact) mass is 282 g/mol. The lowest BCUT2D eigenvalue weighted by atomic mass is 10.2. The molecule has 1 aliphatic heterocycles. The number of hydrogen-bond acceptors (Lipinski definition) is 7. The summed E-state index contributed by atoms with van der Waals surface area (Å²) in [6, 6.07) is 7.26. The molecule has 2 aromatic heterocycles. The summed E-state index contributed by atoms with van der Waals surface area (Å²) in [5, 5.41) is 9.16. The van der Waals surface area contributed by atoms with Gasteiger partial charge < -0.3 is 15.4 Å². The van der Waals surface area contributed by atoms with Gasteiger partial charge in [0.1, 0.15) is 17.6 Å². The Bertz CT molecular complexity index is 673. The van der Waals surface area contributed by atoms with Crippen LogP contribution in [0.1, 0.15) is 5.69 Å². The Morgan fingerprint density at radius 2 is 2.05 bits per heavy atom. The van der Waals surface area contributed by atoms with Crippen LogP contribution in [0.25, 0.3) is 11.3 Å². The van der Waals surface area contributed by atoms with E-state index in [1.807, 2.05) is 11.0 Å². The Kier molecular flexibility index (Phi) is 3.62. The van der Waals surface area contributed by atoms with Crippen LogP contribution in [0.3, 0.4) is 0 Å². The van der Waals surface area contributed by atoms with Crippen molar-refractivity contribution in [3.8, 4) is 17.3 Å². The van der Waals surface area contributed by atoms with Crippen LogP contribution in [0.4, 0.5) is 11.8 Å². The number of pyridine rings is 1. The van der Waals surface area contributed by atoms with Crippen molar-refractivity contribution in [1.82, 2.24) is 15.0 Å². The summed E-state index contributed by atoms with van der Waals surface area (Å²) >= 11 is 0. The van der Waals surface area contributed by atoms with Gasteiger partial charge in [-0.1, -0.05) is 0 Å². The minimum atomic E-state index is 0.332. The van der Waals surface area contributed by atoms with Gasteiger partial charge in [0.25, 0.3) is 0 Å². The van der Waals surface area contributed by atoms with E-state index in [0.29, 0.717) is 49.5 Å². The van der Waals surface area contributed by atoms with E-state index in [-0.39, 0.29) is 0 Å². The minimum Gasteiger partial charge on any atom is -0.384 e. The molecule has 1 saturated heterocycles. The highest BCUT2D eigenvalue weighted by atomic mass is 16.5. The van der Waals surface area contributed by atoms with Gasteiger partial charge in [-0.25, -0.2) is 15.0 Å². The molecule has 1 fully saturated rings. The van der Waals surface area contributed by atoms with Crippen molar-refractivity contribution >= 4 is 11.8 Å². The van der Waals surface area contributed by atoms with Crippen molar-refractivity contribution < 1.29 is 4.74 Å². The molecule has 0 atom stereocenters. The van der Waals surface area contributed by atoms with Gasteiger partial charge in [0.15, 0.2) is 0 Å². The fourth-order valence-electron chi connectivity index (χ4n) is 2.10. The highest BCUT2D eigenvalue weighted by Gasteiger charge is 2.16. The molecule has 0 saturated carbocycles. The molecule has 0 amide bonds. The molecule has 0 radical (unpaired) electrons. The zero-order valence-electron chi connectivity index (χ0n) is 11.4. The Morgan fingerprint density at radius 1 is 1.24 bits per heavy atom. The molecule has 21 heavy (non-hydrogen) atoms. The average molecular weight is 282 g/mol. The molecule has 0 aliphatic carbocycles. The quantitative estimate of drug-likeness (QED) is 0.870. The molecule has 3 rings (SSSR count). The lowest BCUT2D eigenvalue weighted by molar-refractivity contribution is 0.122. The average Bonchev–Trinajstić information content (AvgIpc) is 2.56. The number of nitriles is 1. The lowest BCUT2D eigenvalue weighted by Crippen LogP contribution is -2.37. The minimum absolute atomic E-state index is 0.332. The highest BCUT2D eigenvalue weighted by molar-refractivity contribution is 5.62. The first-order valence-corrected chi connectivity index (χ1v) is 6.60. The van der Waals surface area contributed by atoms with Crippen LogP contribution in [0, 0.1) is 11.3 Å². The van der Waals surface area contributed by atoms with Crippen LogP contribution >= 0.6 is 0 Å². The molecule has 0 spiro atoms. The molecular weight excluding hydrogens is 268 g/mol. The van der Waals surface area contributed by atoms with Crippen molar-refractivity contribution in [3.63, 3.8) is 0 Å². The van der Waals surface area contributed by atoms with Crippen molar-refractivity contribution in [2.75, 3.05) is 36.9 Å². The number of ether oxygens (including phenoxy) is 1. The second-order valence-corrected chi connectivity index (χ2v) is 4.62. The normalized spacial score (nSPS) is 14.7. The first-order valence-electron chi connectivity index (χ1n) is 6.60. The van der Waals surface area contributed by atoms with Gasteiger partial charge in [-0.15, -0.1) is 0 Å². The van der Waals surface area contributed by atoms with Gasteiger partial charge in [0.05, 0.1) is 18.9 Å². The Labute approximate surface area is 122 Å². The number of rotatable bonds is 2. The van der Waals surface area contributed by atoms with Crippen LogP contribution < -0.4 is 10.6 Å². The van der Waals surface area contributed by atoms with Gasteiger partial charge in [-0.05, 0) is 12.1 Å². The molecule has 3 heterocycles. The molecule has 0 unspecified atom stereocenters. The predicted molar refractivity (Wildman–Crippen MR) is 77.4 cm³/mol. The third kappa shape index (κ3) is 2.90. The van der Waals surface area contributed by atoms with Crippen molar-refractivity contribution in [1.29, 1.82) is 5.26 Å². The summed E-state index contributed by atoms with van der Waals surface area (Å²) in [5.41, 5.74) is 7.39. The second-order valence-electron chi connectivity index (χ2n) is 4.62. The number of morpholine rings is 1. The van der Waals surface area contributed by atoms with Crippen molar-refractivity contribution in [2.45, 2.75) is 0 Å². The Balaban J connectivity index is 2.00. The number of aromatic nitrogens is 3. The SMILES string of the molecule is N#Cc1cc(-c2ccc(N)nc2)nc(N2CCOCC2)n1. The summed E-state index contributed by atoms with van der Waals surface area (Å²) in [5.74, 6) is 0.992. The summed E-state index contributed by atoms with van der Waals surface area (Å²) in [6.07, 6.45) is 1.64. The molecule has 7 heteroatoms. The van der Waals surface area contributed by atoms with Crippen LogP contribution in [0.15, 0.2) is 24.4 Å². The Morgan fingerprint density at radius 3 is 2.71 bits per heavy atom. The number of hydrogen-bond donors (Lipinski definition) is 1. The second kappa shape index (κ2) is 5.73. The number of nitrogens with two attached hydrogens (primary N) is 1. The maximum absolute atomic E-state index is 9.16. The topological polar surface area (TPSA) is 101 Å². The molecule has 106 valence electrons. The maximum Gasteiger partial charge on any atom is 0.227 e.